The number of amides is 1. The average Bonchev–Trinajstić information content (AvgIpc) is 3.49. The largest absolute Gasteiger partial charge is 0.467 e. The van der Waals surface area contributed by atoms with Gasteiger partial charge in [0.05, 0.1) is 29.2 Å². The van der Waals surface area contributed by atoms with Crippen LogP contribution in [0.3, 0.4) is 0 Å². The molecule has 2 aliphatic heterocycles. The molecule has 0 N–H and O–H groups in total. The summed E-state index contributed by atoms with van der Waals surface area (Å²) < 4.78 is 5.49. The lowest BCUT2D eigenvalue weighted by molar-refractivity contribution is -0.122. The molecule has 3 aromatic rings. The number of hydrogen-bond acceptors (Lipinski definition) is 7. The minimum absolute atomic E-state index is 0.0285. The minimum atomic E-state index is -0.116. The Hall–Kier alpha value is -3.23. The van der Waals surface area contributed by atoms with Crippen LogP contribution < -0.4 is 4.90 Å². The third-order valence-corrected chi connectivity index (χ3v) is 7.60. The molecule has 160 valence electrons. The van der Waals surface area contributed by atoms with Crippen molar-refractivity contribution in [3.05, 3.63) is 88.2 Å². The SMILES string of the molecule is CC(=O)c1cccc(N=C2SC(=C3Sc4ccccc4N3C)C(=O)N2Cc2ccco2)c1. The molecule has 1 saturated heterocycles. The molecule has 0 unspecified atom stereocenters. The van der Waals surface area contributed by atoms with Crippen molar-refractivity contribution in [2.75, 3.05) is 11.9 Å². The van der Waals surface area contributed by atoms with Crippen LogP contribution in [0.15, 0.2) is 91.2 Å². The van der Waals surface area contributed by atoms with E-state index in [-0.39, 0.29) is 18.2 Å². The van der Waals surface area contributed by atoms with Gasteiger partial charge in [-0.2, -0.15) is 0 Å². The van der Waals surface area contributed by atoms with Crippen LogP contribution in [0.2, 0.25) is 0 Å². The summed E-state index contributed by atoms with van der Waals surface area (Å²) in [6.45, 7) is 1.80. The number of carbonyl (C=O) groups excluding carboxylic acids is 2. The molecule has 3 heterocycles. The smallest absolute Gasteiger partial charge is 0.269 e. The van der Waals surface area contributed by atoms with E-state index in [0.717, 1.165) is 15.6 Å². The molecule has 0 spiro atoms. The van der Waals surface area contributed by atoms with Crippen LogP contribution in [0.25, 0.3) is 0 Å². The Morgan fingerprint density at radius 1 is 1.06 bits per heavy atom. The molecule has 0 radical (unpaired) electrons. The zero-order valence-electron chi connectivity index (χ0n) is 17.4. The lowest BCUT2D eigenvalue weighted by Gasteiger charge is -2.15. The molecular formula is C24H19N3O3S2. The highest BCUT2D eigenvalue weighted by Crippen LogP contribution is 2.50. The van der Waals surface area contributed by atoms with Crippen LogP contribution >= 0.6 is 23.5 Å². The highest BCUT2D eigenvalue weighted by molar-refractivity contribution is 8.19. The molecule has 2 aromatic carbocycles. The van der Waals surface area contributed by atoms with Gasteiger partial charge in [0, 0.05) is 17.5 Å². The number of ketones is 1. The maximum absolute atomic E-state index is 13.5. The molecule has 32 heavy (non-hydrogen) atoms. The zero-order chi connectivity index (χ0) is 22.2. The Morgan fingerprint density at radius 2 is 1.91 bits per heavy atom. The standard InChI is InChI=1S/C24H19N3O3S2/c1-15(28)16-7-5-8-17(13-16)25-24-27(14-18-9-6-12-30-18)22(29)21(32-24)23-26(2)19-10-3-4-11-20(19)31-23/h3-13H,14H2,1-2H3. The number of thioether (sulfide) groups is 2. The Kier molecular flexibility index (Phi) is 5.40. The van der Waals surface area contributed by atoms with E-state index in [0.29, 0.717) is 27.1 Å². The van der Waals surface area contributed by atoms with Gasteiger partial charge < -0.3 is 9.32 Å². The highest BCUT2D eigenvalue weighted by atomic mass is 32.2. The molecule has 1 amide bonds. The third kappa shape index (κ3) is 3.76. The van der Waals surface area contributed by atoms with Gasteiger partial charge in [0.15, 0.2) is 11.0 Å². The summed E-state index contributed by atoms with van der Waals surface area (Å²) in [5.41, 5.74) is 2.28. The third-order valence-electron chi connectivity index (χ3n) is 5.17. The van der Waals surface area contributed by atoms with E-state index in [1.54, 1.807) is 47.2 Å². The second-order valence-electron chi connectivity index (χ2n) is 7.34. The number of benzene rings is 2. The van der Waals surface area contributed by atoms with Crippen molar-refractivity contribution in [1.29, 1.82) is 0 Å². The fourth-order valence-electron chi connectivity index (χ4n) is 3.52. The number of carbonyl (C=O) groups is 2. The summed E-state index contributed by atoms with van der Waals surface area (Å²) in [5.74, 6) is 0.528. The number of rotatable bonds is 4. The monoisotopic (exact) mass is 461 g/mol. The molecule has 8 heteroatoms. The molecule has 6 nitrogen and oxygen atoms in total. The van der Waals surface area contributed by atoms with Crippen LogP contribution in [0.4, 0.5) is 11.4 Å². The summed E-state index contributed by atoms with van der Waals surface area (Å²) in [4.78, 5) is 35.5. The first kappa shape index (κ1) is 20.7. The van der Waals surface area contributed by atoms with E-state index in [1.807, 2.05) is 42.3 Å². The van der Waals surface area contributed by atoms with Crippen molar-refractivity contribution in [2.45, 2.75) is 18.4 Å². The number of nitrogens with zero attached hydrogens (tertiary/aromatic N) is 3. The van der Waals surface area contributed by atoms with Crippen LogP contribution in [0.1, 0.15) is 23.0 Å². The normalized spacial score (nSPS) is 19.2. The van der Waals surface area contributed by atoms with Crippen molar-refractivity contribution in [2.24, 2.45) is 4.99 Å². The highest BCUT2D eigenvalue weighted by Gasteiger charge is 2.39. The predicted octanol–water partition coefficient (Wildman–Crippen LogP) is 5.66. The lowest BCUT2D eigenvalue weighted by atomic mass is 10.1. The zero-order valence-corrected chi connectivity index (χ0v) is 19.1. The van der Waals surface area contributed by atoms with Crippen LogP contribution in [-0.2, 0) is 11.3 Å². The quantitative estimate of drug-likeness (QED) is 0.369. The molecule has 1 aromatic heterocycles. The number of hydrogen-bond donors (Lipinski definition) is 0. The lowest BCUT2D eigenvalue weighted by Crippen LogP contribution is -2.29. The molecule has 5 rings (SSSR count). The van der Waals surface area contributed by atoms with Gasteiger partial charge in [0.25, 0.3) is 5.91 Å². The predicted molar refractivity (Wildman–Crippen MR) is 128 cm³/mol. The summed E-state index contributed by atoms with van der Waals surface area (Å²) in [6, 6.07) is 18.8. The van der Waals surface area contributed by atoms with Crippen LogP contribution in [0, 0.1) is 0 Å². The van der Waals surface area contributed by atoms with Crippen LogP contribution in [0.5, 0.6) is 0 Å². The summed E-state index contributed by atoms with van der Waals surface area (Å²) in [6.07, 6.45) is 1.59. The van der Waals surface area contributed by atoms with Crippen molar-refractivity contribution in [3.63, 3.8) is 0 Å². The number of furan rings is 1. The topological polar surface area (TPSA) is 66.1 Å². The summed E-state index contributed by atoms with van der Waals surface area (Å²) in [7, 11) is 1.97. The number of anilines is 1. The average molecular weight is 462 g/mol. The first-order valence-corrected chi connectivity index (χ1v) is 11.6. The van der Waals surface area contributed by atoms with Crippen LogP contribution in [-0.4, -0.2) is 28.8 Å². The second kappa shape index (κ2) is 8.37. The summed E-state index contributed by atoms with van der Waals surface area (Å²) in [5, 5.41) is 1.44. The Labute approximate surface area is 194 Å². The van der Waals surface area contributed by atoms with Gasteiger partial charge in [-0.05, 0) is 55.1 Å². The van der Waals surface area contributed by atoms with Crippen molar-refractivity contribution in [3.8, 4) is 0 Å². The van der Waals surface area contributed by atoms with E-state index in [9.17, 15) is 9.59 Å². The molecular weight excluding hydrogens is 442 g/mol. The fourth-order valence-corrected chi connectivity index (χ4v) is 5.86. The number of fused-ring (bicyclic) bond motifs is 1. The molecule has 0 atom stereocenters. The van der Waals surface area contributed by atoms with Gasteiger partial charge in [0.2, 0.25) is 0 Å². The first-order valence-electron chi connectivity index (χ1n) is 9.98. The number of amidine groups is 1. The van der Waals surface area contributed by atoms with E-state index in [2.05, 4.69) is 6.07 Å². The van der Waals surface area contributed by atoms with Gasteiger partial charge >= 0.3 is 0 Å². The Bertz CT molecular complexity index is 1280. The Morgan fingerprint density at radius 3 is 2.66 bits per heavy atom. The maximum atomic E-state index is 13.5. The number of aliphatic imine (C=N–C) groups is 1. The molecule has 0 saturated carbocycles. The van der Waals surface area contributed by atoms with Gasteiger partial charge in [-0.15, -0.1) is 0 Å². The van der Waals surface area contributed by atoms with Crippen molar-refractivity contribution < 1.29 is 14.0 Å². The minimum Gasteiger partial charge on any atom is -0.467 e. The van der Waals surface area contributed by atoms with Gasteiger partial charge in [-0.1, -0.05) is 36.0 Å². The molecule has 1 fully saturated rings. The van der Waals surface area contributed by atoms with Gasteiger partial charge in [0.1, 0.15) is 10.7 Å². The molecule has 0 aliphatic carbocycles. The summed E-state index contributed by atoms with van der Waals surface area (Å²) >= 11 is 2.93. The maximum Gasteiger partial charge on any atom is 0.269 e. The van der Waals surface area contributed by atoms with Gasteiger partial charge in [-0.3, -0.25) is 14.5 Å². The number of Topliss-reactive ketones (excluding diaryl/α,β-unsaturated/α-hetero) is 1. The molecule has 0 bridgehead atoms. The fraction of sp³-hybridized carbons (Fsp3) is 0.125. The van der Waals surface area contributed by atoms with E-state index in [4.69, 9.17) is 9.41 Å². The van der Waals surface area contributed by atoms with E-state index >= 15 is 0 Å². The van der Waals surface area contributed by atoms with Crippen molar-refractivity contribution >= 4 is 51.8 Å². The Balaban J connectivity index is 1.56. The van der Waals surface area contributed by atoms with Crippen molar-refractivity contribution in [1.82, 2.24) is 4.90 Å². The van der Waals surface area contributed by atoms with E-state index in [1.165, 1.54) is 18.7 Å². The molecule has 2 aliphatic rings. The number of para-hydroxylation sites is 1. The first-order chi connectivity index (χ1) is 15.5. The second-order valence-corrected chi connectivity index (χ2v) is 9.34. The van der Waals surface area contributed by atoms with E-state index < -0.39 is 0 Å². The van der Waals surface area contributed by atoms with Gasteiger partial charge in [-0.25, -0.2) is 4.99 Å².